The van der Waals surface area contributed by atoms with Crippen molar-refractivity contribution in [2.45, 2.75) is 37.9 Å². The predicted molar refractivity (Wildman–Crippen MR) is 123 cm³/mol. The molecule has 0 aliphatic heterocycles. The standard InChI is InChI=1S/C21H22FN5O4S2/c1-2-30-20(29)18-12-6-5-9-15(12)33-19(18)24-17(28)11-32-21-26-25-16(27(21)23)10-31-14-8-4-3-7-13(14)22/h3-4,7-8H,2,5-6,9-11,23H2,1H3,(H,24,28). The molecule has 0 radical (unpaired) electrons. The number of nitrogens with one attached hydrogen (secondary N) is 1. The number of carbonyl (C=O) groups excluding carboxylic acids is 2. The lowest BCUT2D eigenvalue weighted by Crippen LogP contribution is -2.19. The lowest BCUT2D eigenvalue weighted by atomic mass is 10.1. The first kappa shape index (κ1) is 23.1. The van der Waals surface area contributed by atoms with Gasteiger partial charge in [0.2, 0.25) is 11.1 Å². The lowest BCUT2D eigenvalue weighted by Gasteiger charge is -2.08. The van der Waals surface area contributed by atoms with Crippen molar-refractivity contribution >= 4 is 40.0 Å². The summed E-state index contributed by atoms with van der Waals surface area (Å²) in [5, 5.41) is 11.5. The SMILES string of the molecule is CCOC(=O)c1c(NC(=O)CSc2nnc(COc3ccccc3F)n2N)sc2c1CCC2. The first-order valence-corrected chi connectivity index (χ1v) is 12.1. The molecule has 2 heterocycles. The van der Waals surface area contributed by atoms with E-state index in [0.29, 0.717) is 15.7 Å². The number of thioether (sulfide) groups is 1. The summed E-state index contributed by atoms with van der Waals surface area (Å²) < 4.78 is 25.5. The number of aromatic nitrogens is 3. The van der Waals surface area contributed by atoms with Crippen LogP contribution in [0.4, 0.5) is 9.39 Å². The third kappa shape index (κ3) is 5.11. The van der Waals surface area contributed by atoms with Gasteiger partial charge in [-0.05, 0) is 43.9 Å². The number of hydrogen-bond acceptors (Lipinski definition) is 9. The summed E-state index contributed by atoms with van der Waals surface area (Å²) >= 11 is 2.51. The van der Waals surface area contributed by atoms with Gasteiger partial charge in [0.15, 0.2) is 17.4 Å². The Morgan fingerprint density at radius 3 is 2.91 bits per heavy atom. The maximum Gasteiger partial charge on any atom is 0.341 e. The maximum absolute atomic E-state index is 13.7. The average molecular weight is 492 g/mol. The molecule has 3 N–H and O–H groups in total. The maximum atomic E-state index is 13.7. The predicted octanol–water partition coefficient (Wildman–Crippen LogP) is 3.17. The zero-order valence-electron chi connectivity index (χ0n) is 17.8. The number of fused-ring (bicyclic) bond motifs is 1. The first-order chi connectivity index (χ1) is 16.0. The second-order valence-electron chi connectivity index (χ2n) is 7.11. The summed E-state index contributed by atoms with van der Waals surface area (Å²) in [5.74, 6) is 5.15. The van der Waals surface area contributed by atoms with Crippen molar-refractivity contribution in [3.8, 4) is 5.75 Å². The first-order valence-electron chi connectivity index (χ1n) is 10.3. The van der Waals surface area contributed by atoms with Crippen molar-refractivity contribution in [1.82, 2.24) is 14.9 Å². The molecule has 0 atom stereocenters. The number of halogens is 1. The summed E-state index contributed by atoms with van der Waals surface area (Å²) in [6.07, 6.45) is 2.69. The van der Waals surface area contributed by atoms with Crippen LogP contribution in [-0.4, -0.2) is 39.1 Å². The molecule has 0 saturated heterocycles. The Hall–Kier alpha value is -3.12. The minimum absolute atomic E-state index is 0.00827. The highest BCUT2D eigenvalue weighted by atomic mass is 32.2. The molecule has 3 aromatic rings. The minimum atomic E-state index is -0.492. The van der Waals surface area contributed by atoms with Gasteiger partial charge in [-0.1, -0.05) is 23.9 Å². The number of para-hydroxylation sites is 1. The van der Waals surface area contributed by atoms with Gasteiger partial charge in [-0.2, -0.15) is 0 Å². The molecule has 1 aliphatic rings. The van der Waals surface area contributed by atoms with Crippen LogP contribution in [0.1, 0.15) is 40.0 Å². The third-order valence-electron chi connectivity index (χ3n) is 4.91. The van der Waals surface area contributed by atoms with Gasteiger partial charge in [-0.15, -0.1) is 21.5 Å². The second kappa shape index (κ2) is 10.2. The van der Waals surface area contributed by atoms with Crippen LogP contribution < -0.4 is 15.9 Å². The fraction of sp³-hybridized carbons (Fsp3) is 0.333. The summed E-state index contributed by atoms with van der Waals surface area (Å²) in [6.45, 7) is 1.93. The van der Waals surface area contributed by atoms with Crippen molar-refractivity contribution < 1.29 is 23.5 Å². The molecule has 0 spiro atoms. The monoisotopic (exact) mass is 491 g/mol. The second-order valence-corrected chi connectivity index (χ2v) is 9.15. The Morgan fingerprint density at radius 1 is 1.30 bits per heavy atom. The van der Waals surface area contributed by atoms with E-state index in [1.165, 1.54) is 28.1 Å². The van der Waals surface area contributed by atoms with Crippen LogP contribution in [-0.2, 0) is 29.0 Å². The van der Waals surface area contributed by atoms with Gasteiger partial charge in [-0.25, -0.2) is 13.9 Å². The Balaban J connectivity index is 1.36. The van der Waals surface area contributed by atoms with Crippen molar-refractivity contribution in [2.75, 3.05) is 23.5 Å². The van der Waals surface area contributed by atoms with Crippen LogP contribution in [0.2, 0.25) is 0 Å². The van der Waals surface area contributed by atoms with Crippen LogP contribution in [0, 0.1) is 5.82 Å². The number of nitrogen functional groups attached to an aromatic ring is 1. The Kier molecular flexibility index (Phi) is 7.14. The molecule has 0 saturated carbocycles. The molecule has 0 unspecified atom stereocenters. The number of amides is 1. The largest absolute Gasteiger partial charge is 0.482 e. The lowest BCUT2D eigenvalue weighted by molar-refractivity contribution is -0.113. The van der Waals surface area contributed by atoms with E-state index >= 15 is 0 Å². The van der Waals surface area contributed by atoms with Gasteiger partial charge < -0.3 is 20.6 Å². The number of nitrogens with zero attached hydrogens (tertiary/aromatic N) is 3. The molecule has 4 rings (SSSR count). The molecule has 0 fully saturated rings. The number of benzene rings is 1. The number of rotatable bonds is 9. The number of hydrogen-bond donors (Lipinski definition) is 2. The molecule has 12 heteroatoms. The molecule has 9 nitrogen and oxygen atoms in total. The number of ether oxygens (including phenoxy) is 2. The van der Waals surface area contributed by atoms with Crippen LogP contribution in [0.3, 0.4) is 0 Å². The smallest absolute Gasteiger partial charge is 0.341 e. The van der Waals surface area contributed by atoms with Gasteiger partial charge >= 0.3 is 5.97 Å². The summed E-state index contributed by atoms with van der Waals surface area (Å²) in [7, 11) is 0. The van der Waals surface area contributed by atoms with E-state index in [0.717, 1.165) is 41.5 Å². The molecule has 2 aromatic heterocycles. The van der Waals surface area contributed by atoms with E-state index in [4.69, 9.17) is 15.3 Å². The number of anilines is 1. The van der Waals surface area contributed by atoms with Gasteiger partial charge in [0.05, 0.1) is 17.9 Å². The quantitative estimate of drug-likeness (QED) is 0.266. The highest BCUT2D eigenvalue weighted by molar-refractivity contribution is 7.99. The number of esters is 1. The molecule has 0 bridgehead atoms. The van der Waals surface area contributed by atoms with E-state index in [2.05, 4.69) is 15.5 Å². The third-order valence-corrected chi connectivity index (χ3v) is 7.07. The molecule has 1 aliphatic carbocycles. The summed E-state index contributed by atoms with van der Waals surface area (Å²) in [6, 6.07) is 6.00. The van der Waals surface area contributed by atoms with Crippen LogP contribution in [0.5, 0.6) is 5.75 Å². The number of aryl methyl sites for hydroxylation is 1. The van der Waals surface area contributed by atoms with Gasteiger partial charge in [0.25, 0.3) is 0 Å². The molecule has 33 heavy (non-hydrogen) atoms. The Morgan fingerprint density at radius 2 is 2.12 bits per heavy atom. The van der Waals surface area contributed by atoms with Crippen LogP contribution >= 0.6 is 23.1 Å². The topological polar surface area (TPSA) is 121 Å². The minimum Gasteiger partial charge on any atom is -0.482 e. The highest BCUT2D eigenvalue weighted by Crippen LogP contribution is 2.39. The van der Waals surface area contributed by atoms with Crippen molar-refractivity contribution in [3.05, 3.63) is 51.9 Å². The Bertz CT molecular complexity index is 1180. The van der Waals surface area contributed by atoms with E-state index in [1.54, 1.807) is 19.1 Å². The fourth-order valence-corrected chi connectivity index (χ4v) is 5.38. The average Bonchev–Trinajstić information content (AvgIpc) is 3.47. The molecular weight excluding hydrogens is 469 g/mol. The van der Waals surface area contributed by atoms with Gasteiger partial charge in [0, 0.05) is 4.88 Å². The fourth-order valence-electron chi connectivity index (χ4n) is 3.41. The van der Waals surface area contributed by atoms with Crippen LogP contribution in [0.15, 0.2) is 29.4 Å². The zero-order valence-corrected chi connectivity index (χ0v) is 19.4. The Labute approximate surface area is 197 Å². The van der Waals surface area contributed by atoms with Crippen LogP contribution in [0.25, 0.3) is 0 Å². The molecular formula is C21H22FN5O4S2. The zero-order chi connectivity index (χ0) is 23.4. The number of thiophene rings is 1. The van der Waals surface area contributed by atoms with Gasteiger partial charge in [-0.3, -0.25) is 4.79 Å². The summed E-state index contributed by atoms with van der Waals surface area (Å²) in [4.78, 5) is 26.1. The molecule has 174 valence electrons. The highest BCUT2D eigenvalue weighted by Gasteiger charge is 2.28. The van der Waals surface area contributed by atoms with Gasteiger partial charge in [0.1, 0.15) is 11.6 Å². The van der Waals surface area contributed by atoms with Crippen molar-refractivity contribution in [3.63, 3.8) is 0 Å². The number of nitrogens with two attached hydrogens (primary N) is 1. The van der Waals surface area contributed by atoms with Crippen molar-refractivity contribution in [2.24, 2.45) is 0 Å². The molecule has 1 amide bonds. The summed E-state index contributed by atoms with van der Waals surface area (Å²) in [5.41, 5.74) is 1.44. The molecule has 1 aromatic carbocycles. The van der Waals surface area contributed by atoms with E-state index in [-0.39, 0.29) is 36.4 Å². The van der Waals surface area contributed by atoms with E-state index < -0.39 is 11.8 Å². The van der Waals surface area contributed by atoms with Crippen molar-refractivity contribution in [1.29, 1.82) is 0 Å². The van der Waals surface area contributed by atoms with E-state index in [1.807, 2.05) is 0 Å². The number of carbonyl (C=O) groups is 2. The normalized spacial score (nSPS) is 12.4. The van der Waals surface area contributed by atoms with E-state index in [9.17, 15) is 14.0 Å².